The Bertz CT molecular complexity index is 953. The summed E-state index contributed by atoms with van der Waals surface area (Å²) in [6, 6.07) is 13.4. The van der Waals surface area contributed by atoms with Crippen molar-refractivity contribution in [1.29, 1.82) is 0 Å². The molecule has 3 aromatic rings. The Morgan fingerprint density at radius 1 is 1.19 bits per heavy atom. The molecule has 0 radical (unpaired) electrons. The molecule has 26 heavy (non-hydrogen) atoms. The van der Waals surface area contributed by atoms with E-state index in [0.717, 1.165) is 39.0 Å². The van der Waals surface area contributed by atoms with E-state index in [9.17, 15) is 4.79 Å². The van der Waals surface area contributed by atoms with Crippen LogP contribution in [0.25, 0.3) is 10.9 Å². The molecule has 5 heteroatoms. The van der Waals surface area contributed by atoms with Gasteiger partial charge in [0.05, 0.1) is 18.3 Å². The van der Waals surface area contributed by atoms with Crippen molar-refractivity contribution in [3.05, 3.63) is 65.4 Å². The van der Waals surface area contributed by atoms with E-state index in [4.69, 9.17) is 4.74 Å². The van der Waals surface area contributed by atoms with Crippen molar-refractivity contribution in [3.63, 3.8) is 0 Å². The molecule has 1 heterocycles. The number of carbonyl (C=O) groups is 1. The lowest BCUT2D eigenvalue weighted by Gasteiger charge is -2.20. The van der Waals surface area contributed by atoms with Crippen molar-refractivity contribution in [1.82, 2.24) is 9.88 Å². The SMILES string of the molecule is COc1cccc(CN(C)C(=O)Nc2cc(C)c(C)c3ncccc23)c1. The number of nitrogens with zero attached hydrogens (tertiary/aromatic N) is 2. The van der Waals surface area contributed by atoms with Gasteiger partial charge in [0, 0.05) is 25.2 Å². The summed E-state index contributed by atoms with van der Waals surface area (Å²) in [6.45, 7) is 4.56. The van der Waals surface area contributed by atoms with Crippen LogP contribution in [-0.2, 0) is 6.54 Å². The molecule has 5 nitrogen and oxygen atoms in total. The summed E-state index contributed by atoms with van der Waals surface area (Å²) in [5, 5.41) is 3.96. The maximum absolute atomic E-state index is 12.7. The predicted octanol–water partition coefficient (Wildman–Crippen LogP) is 4.52. The average molecular weight is 349 g/mol. The number of carbonyl (C=O) groups excluding carboxylic acids is 1. The van der Waals surface area contributed by atoms with Crippen LogP contribution in [0.4, 0.5) is 10.5 Å². The maximum atomic E-state index is 12.7. The van der Waals surface area contributed by atoms with E-state index >= 15 is 0 Å². The quantitative estimate of drug-likeness (QED) is 0.753. The largest absolute Gasteiger partial charge is 0.497 e. The number of pyridine rings is 1. The second-order valence-corrected chi connectivity index (χ2v) is 6.40. The molecule has 2 amide bonds. The van der Waals surface area contributed by atoms with Gasteiger partial charge in [-0.1, -0.05) is 12.1 Å². The Kier molecular flexibility index (Phi) is 5.07. The second kappa shape index (κ2) is 7.44. The van der Waals surface area contributed by atoms with E-state index in [1.54, 1.807) is 25.3 Å². The fraction of sp³-hybridized carbons (Fsp3) is 0.238. The first-order valence-electron chi connectivity index (χ1n) is 8.49. The molecule has 0 spiro atoms. The van der Waals surface area contributed by atoms with Crippen LogP contribution in [0.3, 0.4) is 0 Å². The monoisotopic (exact) mass is 349 g/mol. The van der Waals surface area contributed by atoms with E-state index in [1.807, 2.05) is 56.3 Å². The number of aryl methyl sites for hydroxylation is 2. The zero-order chi connectivity index (χ0) is 18.7. The molecule has 0 fully saturated rings. The van der Waals surface area contributed by atoms with Gasteiger partial charge < -0.3 is 15.0 Å². The molecule has 0 aliphatic carbocycles. The number of anilines is 1. The van der Waals surface area contributed by atoms with Gasteiger partial charge in [-0.3, -0.25) is 4.98 Å². The second-order valence-electron chi connectivity index (χ2n) is 6.40. The van der Waals surface area contributed by atoms with Crippen molar-refractivity contribution in [2.45, 2.75) is 20.4 Å². The first kappa shape index (κ1) is 17.7. The standard InChI is InChI=1S/C21H23N3O2/c1-14-11-19(18-9-6-10-22-20(18)15(14)2)23-21(25)24(3)13-16-7-5-8-17(12-16)26-4/h5-12H,13H2,1-4H3,(H,23,25). The fourth-order valence-electron chi connectivity index (χ4n) is 2.94. The van der Waals surface area contributed by atoms with Crippen LogP contribution in [0.2, 0.25) is 0 Å². The normalized spacial score (nSPS) is 10.6. The minimum Gasteiger partial charge on any atom is -0.497 e. The number of nitrogens with one attached hydrogen (secondary N) is 1. The summed E-state index contributed by atoms with van der Waals surface area (Å²) in [5.74, 6) is 0.780. The number of aromatic nitrogens is 1. The number of hydrogen-bond donors (Lipinski definition) is 1. The van der Waals surface area contributed by atoms with Crippen molar-refractivity contribution in [3.8, 4) is 5.75 Å². The summed E-state index contributed by atoms with van der Waals surface area (Å²) in [7, 11) is 3.41. The number of methoxy groups -OCH3 is 1. The number of urea groups is 1. The summed E-state index contributed by atoms with van der Waals surface area (Å²) >= 11 is 0. The summed E-state index contributed by atoms with van der Waals surface area (Å²) in [5.41, 5.74) is 4.93. The lowest BCUT2D eigenvalue weighted by molar-refractivity contribution is 0.220. The topological polar surface area (TPSA) is 54.5 Å². The van der Waals surface area contributed by atoms with Gasteiger partial charge in [-0.25, -0.2) is 4.79 Å². The van der Waals surface area contributed by atoms with Crippen LogP contribution >= 0.6 is 0 Å². The first-order chi connectivity index (χ1) is 12.5. The van der Waals surface area contributed by atoms with Crippen LogP contribution in [0.15, 0.2) is 48.7 Å². The molecule has 3 rings (SSSR count). The molecule has 0 atom stereocenters. The third kappa shape index (κ3) is 3.61. The van der Waals surface area contributed by atoms with Crippen LogP contribution in [0.1, 0.15) is 16.7 Å². The fourth-order valence-corrected chi connectivity index (χ4v) is 2.94. The Labute approximate surface area is 153 Å². The minimum atomic E-state index is -0.166. The number of rotatable bonds is 4. The van der Waals surface area contributed by atoms with E-state index in [0.29, 0.717) is 6.54 Å². The van der Waals surface area contributed by atoms with E-state index < -0.39 is 0 Å². The molecule has 0 aliphatic heterocycles. The highest BCUT2D eigenvalue weighted by Crippen LogP contribution is 2.28. The molecular formula is C21H23N3O2. The molecule has 1 N–H and O–H groups in total. The van der Waals surface area contributed by atoms with Gasteiger partial charge in [0.25, 0.3) is 0 Å². The third-order valence-electron chi connectivity index (χ3n) is 4.55. The highest BCUT2D eigenvalue weighted by Gasteiger charge is 2.14. The number of ether oxygens (including phenoxy) is 1. The third-order valence-corrected chi connectivity index (χ3v) is 4.55. The molecule has 0 aliphatic rings. The van der Waals surface area contributed by atoms with Crippen LogP contribution in [0, 0.1) is 13.8 Å². The number of benzene rings is 2. The van der Waals surface area contributed by atoms with Crippen LogP contribution < -0.4 is 10.1 Å². The Balaban J connectivity index is 1.81. The molecule has 0 unspecified atom stereocenters. The summed E-state index contributed by atoms with van der Waals surface area (Å²) in [6.07, 6.45) is 1.77. The van der Waals surface area contributed by atoms with E-state index in [2.05, 4.69) is 10.3 Å². The first-order valence-corrected chi connectivity index (χ1v) is 8.49. The van der Waals surface area contributed by atoms with E-state index in [-0.39, 0.29) is 6.03 Å². The average Bonchev–Trinajstić information content (AvgIpc) is 2.66. The van der Waals surface area contributed by atoms with Crippen molar-refractivity contribution in [2.24, 2.45) is 0 Å². The Hall–Kier alpha value is -3.08. The molecular weight excluding hydrogens is 326 g/mol. The van der Waals surface area contributed by atoms with Crippen molar-refractivity contribution >= 4 is 22.6 Å². The highest BCUT2D eigenvalue weighted by molar-refractivity contribution is 6.01. The molecule has 0 bridgehead atoms. The Morgan fingerprint density at radius 2 is 2.00 bits per heavy atom. The Morgan fingerprint density at radius 3 is 2.77 bits per heavy atom. The highest BCUT2D eigenvalue weighted by atomic mass is 16.5. The summed E-state index contributed by atoms with van der Waals surface area (Å²) in [4.78, 5) is 18.8. The predicted molar refractivity (Wildman–Crippen MR) is 105 cm³/mol. The lowest BCUT2D eigenvalue weighted by Crippen LogP contribution is -2.31. The van der Waals surface area contributed by atoms with E-state index in [1.165, 1.54) is 0 Å². The van der Waals surface area contributed by atoms with Gasteiger partial charge in [-0.15, -0.1) is 0 Å². The van der Waals surface area contributed by atoms with Gasteiger partial charge in [-0.2, -0.15) is 0 Å². The van der Waals surface area contributed by atoms with Crippen LogP contribution in [0.5, 0.6) is 5.75 Å². The van der Waals surface area contributed by atoms with Crippen molar-refractivity contribution < 1.29 is 9.53 Å². The zero-order valence-corrected chi connectivity index (χ0v) is 15.5. The minimum absolute atomic E-state index is 0.166. The molecule has 1 aromatic heterocycles. The number of hydrogen-bond acceptors (Lipinski definition) is 3. The molecule has 134 valence electrons. The maximum Gasteiger partial charge on any atom is 0.321 e. The number of amides is 2. The van der Waals surface area contributed by atoms with Gasteiger partial charge in [0.15, 0.2) is 0 Å². The smallest absolute Gasteiger partial charge is 0.321 e. The zero-order valence-electron chi connectivity index (χ0n) is 15.5. The van der Waals surface area contributed by atoms with Gasteiger partial charge in [-0.05, 0) is 60.9 Å². The van der Waals surface area contributed by atoms with Gasteiger partial charge >= 0.3 is 6.03 Å². The lowest BCUT2D eigenvalue weighted by atomic mass is 10.0. The molecule has 0 saturated carbocycles. The van der Waals surface area contributed by atoms with Gasteiger partial charge in [0.2, 0.25) is 0 Å². The number of fused-ring (bicyclic) bond motifs is 1. The van der Waals surface area contributed by atoms with Crippen molar-refractivity contribution in [2.75, 3.05) is 19.5 Å². The molecule has 0 saturated heterocycles. The summed E-state index contributed by atoms with van der Waals surface area (Å²) < 4.78 is 5.24. The van der Waals surface area contributed by atoms with Gasteiger partial charge in [0.1, 0.15) is 5.75 Å². The molecule has 2 aromatic carbocycles. The van der Waals surface area contributed by atoms with Crippen LogP contribution in [-0.4, -0.2) is 30.1 Å².